The Morgan fingerprint density at radius 3 is 2.10 bits per heavy atom. The first-order chi connectivity index (χ1) is 18.5. The van der Waals surface area contributed by atoms with Crippen LogP contribution in [0.1, 0.15) is 26.3 Å². The molecule has 10 heteroatoms. The number of rotatable bonds is 12. The molecule has 0 spiro atoms. The number of anilines is 1. The number of hydrogen-bond acceptors (Lipinski definition) is 5. The van der Waals surface area contributed by atoms with E-state index in [-0.39, 0.29) is 29.0 Å². The zero-order valence-electron chi connectivity index (χ0n) is 22.5. The van der Waals surface area contributed by atoms with Crippen LogP contribution in [0.3, 0.4) is 0 Å². The van der Waals surface area contributed by atoms with E-state index in [1.807, 2.05) is 13.8 Å². The molecule has 0 bridgehead atoms. The van der Waals surface area contributed by atoms with Gasteiger partial charge in [-0.15, -0.1) is 0 Å². The molecule has 3 aromatic rings. The van der Waals surface area contributed by atoms with Crippen molar-refractivity contribution in [1.29, 1.82) is 0 Å². The Kier molecular flexibility index (Phi) is 10.4. The van der Waals surface area contributed by atoms with Crippen molar-refractivity contribution in [2.24, 2.45) is 5.92 Å². The van der Waals surface area contributed by atoms with Gasteiger partial charge in [-0.05, 0) is 66.9 Å². The molecule has 0 aromatic heterocycles. The van der Waals surface area contributed by atoms with Gasteiger partial charge in [0.15, 0.2) is 0 Å². The second-order valence-electron chi connectivity index (χ2n) is 9.49. The topological polar surface area (TPSA) is 96.0 Å². The molecule has 1 atom stereocenters. The number of ether oxygens (including phenoxy) is 1. The number of nitrogens with one attached hydrogen (secondary N) is 1. The minimum Gasteiger partial charge on any atom is -0.497 e. The molecule has 2 amide bonds. The van der Waals surface area contributed by atoms with Crippen LogP contribution in [-0.4, -0.2) is 51.4 Å². The number of methoxy groups -OCH3 is 1. The third-order valence-electron chi connectivity index (χ3n) is 6.09. The van der Waals surface area contributed by atoms with Gasteiger partial charge in [0.25, 0.3) is 10.0 Å². The Balaban J connectivity index is 1.99. The SMILES string of the molecule is COc1ccc(N(CC(=O)N(Cc2ccc(Cl)cc2)C(C)C(=O)NCC(C)C)S(=O)(=O)c2ccccc2)cc1. The molecule has 0 fully saturated rings. The number of benzene rings is 3. The molecule has 0 aliphatic rings. The zero-order valence-corrected chi connectivity index (χ0v) is 24.1. The number of carbonyl (C=O) groups is 2. The normalized spacial score (nSPS) is 12.1. The predicted octanol–water partition coefficient (Wildman–Crippen LogP) is 4.73. The van der Waals surface area contributed by atoms with Crippen molar-refractivity contribution in [3.63, 3.8) is 0 Å². The lowest BCUT2D eigenvalue weighted by Gasteiger charge is -2.32. The van der Waals surface area contributed by atoms with Crippen molar-refractivity contribution in [2.75, 3.05) is 24.5 Å². The number of hydrogen-bond donors (Lipinski definition) is 1. The molecule has 208 valence electrons. The van der Waals surface area contributed by atoms with Gasteiger partial charge in [-0.3, -0.25) is 13.9 Å². The Morgan fingerprint density at radius 2 is 1.54 bits per heavy atom. The van der Waals surface area contributed by atoms with E-state index >= 15 is 0 Å². The summed E-state index contributed by atoms with van der Waals surface area (Å²) in [5, 5.41) is 3.41. The van der Waals surface area contributed by atoms with Crippen molar-refractivity contribution in [3.05, 3.63) is 89.4 Å². The lowest BCUT2D eigenvalue weighted by atomic mass is 10.1. The highest BCUT2D eigenvalue weighted by atomic mass is 35.5. The van der Waals surface area contributed by atoms with Crippen LogP contribution in [0, 0.1) is 5.92 Å². The maximum absolute atomic E-state index is 13.9. The fourth-order valence-electron chi connectivity index (χ4n) is 3.82. The summed E-state index contributed by atoms with van der Waals surface area (Å²) in [4.78, 5) is 28.3. The largest absolute Gasteiger partial charge is 0.497 e. The molecule has 39 heavy (non-hydrogen) atoms. The highest BCUT2D eigenvalue weighted by Gasteiger charge is 2.32. The van der Waals surface area contributed by atoms with E-state index in [4.69, 9.17) is 16.3 Å². The molecule has 8 nitrogen and oxygen atoms in total. The van der Waals surface area contributed by atoms with E-state index in [1.54, 1.807) is 73.7 Å². The standard InChI is InChI=1S/C29H34ClN3O5S/c1-21(2)18-31-29(35)22(3)32(19-23-10-12-24(30)13-11-23)28(34)20-33(25-14-16-26(38-4)17-15-25)39(36,37)27-8-6-5-7-9-27/h5-17,21-22H,18-20H2,1-4H3,(H,31,35). The molecule has 0 saturated carbocycles. The van der Waals surface area contributed by atoms with Crippen LogP contribution in [0.5, 0.6) is 5.75 Å². The van der Waals surface area contributed by atoms with Gasteiger partial charge in [-0.2, -0.15) is 0 Å². The average Bonchev–Trinajstić information content (AvgIpc) is 2.94. The molecule has 0 radical (unpaired) electrons. The molecule has 0 saturated heterocycles. The van der Waals surface area contributed by atoms with Crippen LogP contribution in [0.25, 0.3) is 0 Å². The van der Waals surface area contributed by atoms with Crippen molar-refractivity contribution in [2.45, 2.75) is 38.3 Å². The number of amides is 2. The van der Waals surface area contributed by atoms with E-state index in [2.05, 4.69) is 5.32 Å². The summed E-state index contributed by atoms with van der Waals surface area (Å²) < 4.78 is 33.8. The van der Waals surface area contributed by atoms with Crippen molar-refractivity contribution in [3.8, 4) is 5.75 Å². The van der Waals surface area contributed by atoms with Crippen molar-refractivity contribution in [1.82, 2.24) is 10.2 Å². The molecule has 0 heterocycles. The summed E-state index contributed by atoms with van der Waals surface area (Å²) in [7, 11) is -2.61. The van der Waals surface area contributed by atoms with E-state index in [9.17, 15) is 18.0 Å². The molecule has 1 N–H and O–H groups in total. The third-order valence-corrected chi connectivity index (χ3v) is 8.13. The van der Waals surface area contributed by atoms with Gasteiger partial charge in [0.2, 0.25) is 11.8 Å². The predicted molar refractivity (Wildman–Crippen MR) is 153 cm³/mol. The van der Waals surface area contributed by atoms with Gasteiger partial charge >= 0.3 is 0 Å². The van der Waals surface area contributed by atoms with Crippen LogP contribution < -0.4 is 14.4 Å². The Bertz CT molecular complexity index is 1350. The smallest absolute Gasteiger partial charge is 0.264 e. The maximum Gasteiger partial charge on any atom is 0.264 e. The van der Waals surface area contributed by atoms with Gasteiger partial charge < -0.3 is 15.0 Å². The van der Waals surface area contributed by atoms with Crippen LogP contribution in [0.4, 0.5) is 5.69 Å². The fourth-order valence-corrected chi connectivity index (χ4v) is 5.38. The third kappa shape index (κ3) is 7.97. The Hall–Kier alpha value is -3.56. The van der Waals surface area contributed by atoms with E-state index in [0.717, 1.165) is 9.87 Å². The zero-order chi connectivity index (χ0) is 28.6. The average molecular weight is 572 g/mol. The van der Waals surface area contributed by atoms with E-state index in [1.165, 1.54) is 24.1 Å². The Morgan fingerprint density at radius 1 is 0.923 bits per heavy atom. The van der Waals surface area contributed by atoms with Gasteiger partial charge in [-0.1, -0.05) is 55.8 Å². The van der Waals surface area contributed by atoms with Crippen molar-refractivity contribution < 1.29 is 22.7 Å². The van der Waals surface area contributed by atoms with E-state index in [0.29, 0.717) is 17.3 Å². The first kappa shape index (κ1) is 30.0. The first-order valence-corrected chi connectivity index (χ1v) is 14.4. The maximum atomic E-state index is 13.9. The van der Waals surface area contributed by atoms with Gasteiger partial charge in [0.05, 0.1) is 17.7 Å². The molecular formula is C29H34ClN3O5S. The summed E-state index contributed by atoms with van der Waals surface area (Å²) in [5.74, 6) is -0.0921. The molecule has 3 aromatic carbocycles. The summed E-state index contributed by atoms with van der Waals surface area (Å²) >= 11 is 6.03. The second kappa shape index (κ2) is 13.5. The van der Waals surface area contributed by atoms with Crippen molar-refractivity contribution >= 4 is 39.1 Å². The van der Waals surface area contributed by atoms with Crippen LogP contribution in [-0.2, 0) is 26.2 Å². The monoisotopic (exact) mass is 571 g/mol. The van der Waals surface area contributed by atoms with Gasteiger partial charge in [-0.25, -0.2) is 8.42 Å². The lowest BCUT2D eigenvalue weighted by molar-refractivity contribution is -0.139. The summed E-state index contributed by atoms with van der Waals surface area (Å²) in [6, 6.07) is 20.4. The lowest BCUT2D eigenvalue weighted by Crippen LogP contribution is -2.51. The highest BCUT2D eigenvalue weighted by Crippen LogP contribution is 2.26. The minimum absolute atomic E-state index is 0.0422. The first-order valence-electron chi connectivity index (χ1n) is 12.6. The van der Waals surface area contributed by atoms with Gasteiger partial charge in [0, 0.05) is 18.1 Å². The molecule has 1 unspecified atom stereocenters. The van der Waals surface area contributed by atoms with Crippen LogP contribution >= 0.6 is 11.6 Å². The number of nitrogens with zero attached hydrogens (tertiary/aromatic N) is 2. The highest BCUT2D eigenvalue weighted by molar-refractivity contribution is 7.92. The summed E-state index contributed by atoms with van der Waals surface area (Å²) in [5.41, 5.74) is 1.04. The number of halogens is 1. The number of sulfonamides is 1. The minimum atomic E-state index is -4.12. The van der Waals surface area contributed by atoms with Gasteiger partial charge in [0.1, 0.15) is 18.3 Å². The summed E-state index contributed by atoms with van der Waals surface area (Å²) in [6.07, 6.45) is 0. The van der Waals surface area contributed by atoms with Crippen LogP contribution in [0.2, 0.25) is 5.02 Å². The molecule has 0 aliphatic carbocycles. The Labute approximate surface area is 235 Å². The molecule has 0 aliphatic heterocycles. The van der Waals surface area contributed by atoms with Crippen LogP contribution in [0.15, 0.2) is 83.8 Å². The van der Waals surface area contributed by atoms with E-state index < -0.39 is 28.5 Å². The quantitative estimate of drug-likeness (QED) is 0.339. The second-order valence-corrected chi connectivity index (χ2v) is 11.8. The fraction of sp³-hybridized carbons (Fsp3) is 0.310. The summed E-state index contributed by atoms with van der Waals surface area (Å²) in [6.45, 7) is 5.61. The number of carbonyl (C=O) groups excluding carboxylic acids is 2. The molecule has 3 rings (SSSR count). The molecular weight excluding hydrogens is 538 g/mol.